The van der Waals surface area contributed by atoms with E-state index in [1.165, 1.54) is 4.68 Å². The highest BCUT2D eigenvalue weighted by atomic mass is 35.5. The Morgan fingerprint density at radius 3 is 2.60 bits per heavy atom. The Hall–Kier alpha value is -5.47. The average Bonchev–Trinajstić information content (AvgIpc) is 3.59. The molecule has 3 aromatic heterocycles. The van der Waals surface area contributed by atoms with E-state index in [9.17, 15) is 9.59 Å². The third-order valence-electron chi connectivity index (χ3n) is 7.32. The highest BCUT2D eigenvalue weighted by Crippen LogP contribution is 2.29. The van der Waals surface area contributed by atoms with Gasteiger partial charge >= 0.3 is 0 Å². The van der Waals surface area contributed by atoms with Crippen LogP contribution in [-0.4, -0.2) is 26.3 Å². The third-order valence-corrected chi connectivity index (χ3v) is 7.55. The van der Waals surface area contributed by atoms with Crippen LogP contribution in [0.25, 0.3) is 44.4 Å². The second-order valence-electron chi connectivity index (χ2n) is 10.2. The molecule has 0 spiro atoms. The number of rotatable bonds is 6. The molecule has 9 heteroatoms. The van der Waals surface area contributed by atoms with E-state index in [0.717, 1.165) is 33.1 Å². The van der Waals surface area contributed by atoms with Crippen LogP contribution in [0.3, 0.4) is 0 Å². The highest BCUT2D eigenvalue weighted by molar-refractivity contribution is 6.31. The van der Waals surface area contributed by atoms with Gasteiger partial charge in [-0.25, -0.2) is 4.98 Å². The molecule has 0 radical (unpaired) electrons. The summed E-state index contributed by atoms with van der Waals surface area (Å²) in [7, 11) is 0. The van der Waals surface area contributed by atoms with Crippen molar-refractivity contribution < 1.29 is 9.21 Å². The first-order chi connectivity index (χ1) is 20.9. The molecule has 0 aliphatic heterocycles. The molecule has 1 N–H and O–H groups in total. The van der Waals surface area contributed by atoms with Gasteiger partial charge in [0.1, 0.15) is 12.1 Å². The Kier molecular flexibility index (Phi) is 6.60. The number of anilines is 1. The highest BCUT2D eigenvalue weighted by Gasteiger charge is 2.17. The van der Waals surface area contributed by atoms with E-state index in [4.69, 9.17) is 21.0 Å². The van der Waals surface area contributed by atoms with E-state index in [2.05, 4.69) is 10.4 Å². The Morgan fingerprint density at radius 1 is 0.977 bits per heavy atom. The van der Waals surface area contributed by atoms with Crippen molar-refractivity contribution in [2.45, 2.75) is 13.5 Å². The van der Waals surface area contributed by atoms with Gasteiger partial charge in [0, 0.05) is 38.8 Å². The molecule has 4 aromatic carbocycles. The summed E-state index contributed by atoms with van der Waals surface area (Å²) in [4.78, 5) is 31.5. The van der Waals surface area contributed by atoms with Crippen LogP contribution in [0.5, 0.6) is 0 Å². The molecule has 1 amide bonds. The predicted octanol–water partition coefficient (Wildman–Crippen LogP) is 7.25. The Morgan fingerprint density at radius 2 is 1.74 bits per heavy atom. The van der Waals surface area contributed by atoms with Gasteiger partial charge in [-0.1, -0.05) is 60.1 Å². The first kappa shape index (κ1) is 26.4. The van der Waals surface area contributed by atoms with Crippen LogP contribution in [-0.2, 0) is 11.3 Å². The topological polar surface area (TPSA) is 94.4 Å². The fourth-order valence-corrected chi connectivity index (χ4v) is 5.38. The van der Waals surface area contributed by atoms with Gasteiger partial charge in [0.2, 0.25) is 11.7 Å². The van der Waals surface area contributed by atoms with Crippen molar-refractivity contribution in [3.05, 3.63) is 130 Å². The maximum Gasteiger partial charge on any atom is 0.282 e. The van der Waals surface area contributed by atoms with Crippen LogP contribution < -0.4 is 10.9 Å². The van der Waals surface area contributed by atoms with Crippen LogP contribution in [0.1, 0.15) is 11.1 Å². The minimum atomic E-state index is -0.336. The first-order valence-corrected chi connectivity index (χ1v) is 14.0. The molecule has 0 unspecified atom stereocenters. The van der Waals surface area contributed by atoms with Crippen LogP contribution in [0.4, 0.5) is 5.69 Å². The van der Waals surface area contributed by atoms with Crippen molar-refractivity contribution in [3.8, 4) is 11.6 Å². The summed E-state index contributed by atoms with van der Waals surface area (Å²) in [6.07, 6.45) is 3.47. The van der Waals surface area contributed by atoms with Gasteiger partial charge in [-0.2, -0.15) is 9.78 Å². The van der Waals surface area contributed by atoms with Gasteiger partial charge in [-0.05, 0) is 61.0 Å². The molecule has 0 aliphatic rings. The van der Waals surface area contributed by atoms with E-state index in [1.807, 2.05) is 72.3 Å². The summed E-state index contributed by atoms with van der Waals surface area (Å²) in [5, 5.41) is 10.3. The number of furan rings is 1. The van der Waals surface area contributed by atoms with E-state index < -0.39 is 0 Å². The SMILES string of the molecule is Cc1ccccc1NC(=O)Cn1cc(C=Nn2c(-c3cc4cc(Cl)ccc4o3)nc3ccccc3c2=O)c2ccccc21. The zero-order chi connectivity index (χ0) is 29.5. The smallest absolute Gasteiger partial charge is 0.282 e. The third kappa shape index (κ3) is 4.98. The number of fused-ring (bicyclic) bond motifs is 3. The summed E-state index contributed by atoms with van der Waals surface area (Å²) in [5.74, 6) is 0.488. The number of amides is 1. The molecule has 0 aliphatic carbocycles. The summed E-state index contributed by atoms with van der Waals surface area (Å²) < 4.78 is 9.20. The van der Waals surface area contributed by atoms with Gasteiger partial charge in [0.15, 0.2) is 5.76 Å². The number of benzene rings is 4. The van der Waals surface area contributed by atoms with Crippen LogP contribution in [0.2, 0.25) is 5.02 Å². The number of carbonyl (C=O) groups excluding carboxylic acids is 1. The number of nitrogens with zero attached hydrogens (tertiary/aromatic N) is 4. The number of hydrogen-bond donors (Lipinski definition) is 1. The zero-order valence-corrected chi connectivity index (χ0v) is 23.7. The largest absolute Gasteiger partial charge is 0.453 e. The van der Waals surface area contributed by atoms with Gasteiger partial charge in [0.05, 0.1) is 17.1 Å². The molecule has 7 rings (SSSR count). The summed E-state index contributed by atoms with van der Waals surface area (Å²) in [5.41, 5.74) is 4.17. The van der Waals surface area contributed by atoms with Crippen molar-refractivity contribution in [1.82, 2.24) is 14.2 Å². The number of aromatic nitrogens is 3. The molecule has 0 fully saturated rings. The van der Waals surface area contributed by atoms with Crippen molar-refractivity contribution in [3.63, 3.8) is 0 Å². The maximum absolute atomic E-state index is 13.7. The second kappa shape index (κ2) is 10.7. The van der Waals surface area contributed by atoms with Crippen LogP contribution in [0, 0.1) is 6.92 Å². The van der Waals surface area contributed by atoms with Gasteiger partial charge in [-0.3, -0.25) is 9.59 Å². The quantitative estimate of drug-likeness (QED) is 0.208. The number of halogens is 1. The average molecular weight is 586 g/mol. The Labute approximate surface area is 250 Å². The molecule has 0 saturated heterocycles. The zero-order valence-electron chi connectivity index (χ0n) is 23.0. The number of hydrogen-bond acceptors (Lipinski definition) is 5. The lowest BCUT2D eigenvalue weighted by molar-refractivity contribution is -0.116. The monoisotopic (exact) mass is 585 g/mol. The minimum Gasteiger partial charge on any atom is -0.453 e. The summed E-state index contributed by atoms with van der Waals surface area (Å²) >= 11 is 6.19. The molecular weight excluding hydrogens is 562 g/mol. The Balaban J connectivity index is 1.30. The van der Waals surface area contributed by atoms with Crippen molar-refractivity contribution in [1.29, 1.82) is 0 Å². The van der Waals surface area contributed by atoms with E-state index >= 15 is 0 Å². The lowest BCUT2D eigenvalue weighted by Crippen LogP contribution is -2.20. The molecule has 210 valence electrons. The molecule has 43 heavy (non-hydrogen) atoms. The number of aryl methyl sites for hydroxylation is 1. The van der Waals surface area contributed by atoms with Gasteiger partial charge < -0.3 is 14.3 Å². The first-order valence-electron chi connectivity index (χ1n) is 13.6. The number of para-hydroxylation sites is 3. The number of carbonyl (C=O) groups is 1. The van der Waals surface area contributed by atoms with Crippen molar-refractivity contribution in [2.75, 3.05) is 5.32 Å². The molecule has 0 atom stereocenters. The van der Waals surface area contributed by atoms with Crippen LogP contribution >= 0.6 is 11.6 Å². The molecular formula is C34H24ClN5O3. The molecule has 0 saturated carbocycles. The lowest BCUT2D eigenvalue weighted by atomic mass is 10.2. The molecule has 7 aromatic rings. The molecule has 3 heterocycles. The van der Waals surface area contributed by atoms with E-state index in [-0.39, 0.29) is 23.8 Å². The minimum absolute atomic E-state index is 0.104. The number of nitrogens with one attached hydrogen (secondary N) is 1. The second-order valence-corrected chi connectivity index (χ2v) is 10.6. The van der Waals surface area contributed by atoms with E-state index in [1.54, 1.807) is 48.7 Å². The van der Waals surface area contributed by atoms with Crippen molar-refractivity contribution in [2.24, 2.45) is 5.10 Å². The Bertz CT molecular complexity index is 2280. The normalized spacial score (nSPS) is 11.7. The van der Waals surface area contributed by atoms with Gasteiger partial charge in [-0.15, -0.1) is 0 Å². The summed E-state index contributed by atoms with van der Waals surface area (Å²) in [6, 6.07) is 29.6. The fourth-order valence-electron chi connectivity index (χ4n) is 5.20. The molecule has 0 bridgehead atoms. The lowest BCUT2D eigenvalue weighted by Gasteiger charge is -2.09. The standard InChI is InChI=1S/C34H24ClN5O3/c1-21-8-2-5-11-27(21)37-32(41)20-39-19-23(25-9-4-7-13-29(25)39)18-36-40-33(38-28-12-6-3-10-26(28)34(40)42)31-17-22-16-24(35)14-15-30(22)43-31/h2-19H,20H2,1H3,(H,37,41). The van der Waals surface area contributed by atoms with E-state index in [0.29, 0.717) is 27.3 Å². The van der Waals surface area contributed by atoms with Gasteiger partial charge in [0.25, 0.3) is 5.56 Å². The predicted molar refractivity (Wildman–Crippen MR) is 171 cm³/mol. The fraction of sp³-hybridized carbons (Fsp3) is 0.0588. The summed E-state index contributed by atoms with van der Waals surface area (Å²) in [6.45, 7) is 2.06. The van der Waals surface area contributed by atoms with Crippen LogP contribution in [0.15, 0.2) is 118 Å². The van der Waals surface area contributed by atoms with Crippen molar-refractivity contribution >= 4 is 62.2 Å². The molecule has 8 nitrogen and oxygen atoms in total. The maximum atomic E-state index is 13.7.